The minimum Gasteiger partial charge on any atom is -0.284 e. The summed E-state index contributed by atoms with van der Waals surface area (Å²) in [6, 6.07) is 11.2. The molecule has 0 aliphatic rings. The SMILES string of the molecule is CC(C)(C)c1ncc(-c2ccn3c(n2)nc2ccccc23)cc1F. The highest BCUT2D eigenvalue weighted by Gasteiger charge is 2.21. The molecule has 0 aliphatic heterocycles. The minimum atomic E-state index is -0.333. The lowest BCUT2D eigenvalue weighted by atomic mass is 9.91. The first kappa shape index (κ1) is 14.8. The molecule has 5 heteroatoms. The van der Waals surface area contributed by atoms with E-state index in [0.29, 0.717) is 22.7 Å². The number of pyridine rings is 1. The summed E-state index contributed by atoms with van der Waals surface area (Å²) in [7, 11) is 0. The van der Waals surface area contributed by atoms with Crippen LogP contribution in [0.1, 0.15) is 26.5 Å². The van der Waals surface area contributed by atoms with Gasteiger partial charge in [0.25, 0.3) is 0 Å². The van der Waals surface area contributed by atoms with Crippen LogP contribution in [0.2, 0.25) is 0 Å². The molecule has 0 radical (unpaired) electrons. The number of benzene rings is 1. The van der Waals surface area contributed by atoms with Crippen LogP contribution in [0.5, 0.6) is 0 Å². The van der Waals surface area contributed by atoms with Gasteiger partial charge in [0.15, 0.2) is 0 Å². The molecule has 120 valence electrons. The van der Waals surface area contributed by atoms with E-state index >= 15 is 0 Å². The first-order chi connectivity index (χ1) is 11.4. The Morgan fingerprint density at radius 1 is 1.04 bits per heavy atom. The second-order valence-corrected chi connectivity index (χ2v) is 6.89. The van der Waals surface area contributed by atoms with E-state index < -0.39 is 0 Å². The number of hydrogen-bond donors (Lipinski definition) is 0. The smallest absolute Gasteiger partial charge is 0.235 e. The molecule has 0 fully saturated rings. The number of halogens is 1. The minimum absolute atomic E-state index is 0.310. The summed E-state index contributed by atoms with van der Waals surface area (Å²) < 4.78 is 16.3. The van der Waals surface area contributed by atoms with E-state index in [4.69, 9.17) is 0 Å². The fourth-order valence-electron chi connectivity index (χ4n) is 2.84. The number of para-hydroxylation sites is 2. The first-order valence-corrected chi connectivity index (χ1v) is 7.84. The molecule has 24 heavy (non-hydrogen) atoms. The summed E-state index contributed by atoms with van der Waals surface area (Å²) in [6.45, 7) is 5.83. The van der Waals surface area contributed by atoms with Crippen molar-refractivity contribution in [2.45, 2.75) is 26.2 Å². The van der Waals surface area contributed by atoms with E-state index in [9.17, 15) is 4.39 Å². The Balaban J connectivity index is 1.85. The largest absolute Gasteiger partial charge is 0.284 e. The van der Waals surface area contributed by atoms with Gasteiger partial charge in [-0.1, -0.05) is 32.9 Å². The standard InChI is InChI=1S/C19H17FN4/c1-19(2,3)17-13(20)10-12(11-21-17)14-8-9-24-16-7-5-4-6-15(16)23-18(24)22-14/h4-11H,1-3H3. The first-order valence-electron chi connectivity index (χ1n) is 7.84. The van der Waals surface area contributed by atoms with Crippen molar-refractivity contribution >= 4 is 16.8 Å². The van der Waals surface area contributed by atoms with Crippen LogP contribution in [-0.2, 0) is 5.41 Å². The van der Waals surface area contributed by atoms with Crippen LogP contribution >= 0.6 is 0 Å². The molecule has 0 atom stereocenters. The van der Waals surface area contributed by atoms with Crippen LogP contribution in [-0.4, -0.2) is 19.4 Å². The third-order valence-electron chi connectivity index (χ3n) is 4.03. The van der Waals surface area contributed by atoms with Crippen molar-refractivity contribution in [2.75, 3.05) is 0 Å². The van der Waals surface area contributed by atoms with Gasteiger partial charge in [-0.3, -0.25) is 9.38 Å². The van der Waals surface area contributed by atoms with E-state index in [1.54, 1.807) is 6.20 Å². The molecule has 4 aromatic rings. The molecule has 0 unspecified atom stereocenters. The van der Waals surface area contributed by atoms with Gasteiger partial charge in [0.05, 0.1) is 22.4 Å². The Morgan fingerprint density at radius 3 is 2.58 bits per heavy atom. The zero-order valence-electron chi connectivity index (χ0n) is 13.8. The van der Waals surface area contributed by atoms with Crippen LogP contribution < -0.4 is 0 Å². The number of hydrogen-bond acceptors (Lipinski definition) is 3. The van der Waals surface area contributed by atoms with Gasteiger partial charge in [-0.15, -0.1) is 0 Å². The van der Waals surface area contributed by atoms with Crippen LogP contribution in [0.15, 0.2) is 48.8 Å². The van der Waals surface area contributed by atoms with Gasteiger partial charge in [0.2, 0.25) is 5.78 Å². The molecule has 4 nitrogen and oxygen atoms in total. The second kappa shape index (κ2) is 5.09. The quantitative estimate of drug-likeness (QED) is 0.523. The summed E-state index contributed by atoms with van der Waals surface area (Å²) in [5.74, 6) is 0.282. The molecular weight excluding hydrogens is 303 g/mol. The van der Waals surface area contributed by atoms with Crippen molar-refractivity contribution in [2.24, 2.45) is 0 Å². The number of aromatic nitrogens is 4. The number of fused-ring (bicyclic) bond motifs is 3. The zero-order chi connectivity index (χ0) is 16.9. The third kappa shape index (κ3) is 2.33. The zero-order valence-corrected chi connectivity index (χ0v) is 13.8. The maximum Gasteiger partial charge on any atom is 0.235 e. The highest BCUT2D eigenvalue weighted by Crippen LogP contribution is 2.26. The maximum absolute atomic E-state index is 14.4. The molecule has 3 heterocycles. The van der Waals surface area contributed by atoms with Crippen molar-refractivity contribution < 1.29 is 4.39 Å². The van der Waals surface area contributed by atoms with E-state index in [0.717, 1.165) is 11.0 Å². The van der Waals surface area contributed by atoms with Gasteiger partial charge in [0.1, 0.15) is 5.82 Å². The molecule has 0 bridgehead atoms. The number of nitrogens with zero attached hydrogens (tertiary/aromatic N) is 4. The van der Waals surface area contributed by atoms with Gasteiger partial charge in [-0.25, -0.2) is 14.4 Å². The average molecular weight is 320 g/mol. The second-order valence-electron chi connectivity index (χ2n) is 6.89. The van der Waals surface area contributed by atoms with Gasteiger partial charge in [-0.05, 0) is 24.3 Å². The van der Waals surface area contributed by atoms with E-state index in [1.807, 2.05) is 61.7 Å². The summed E-state index contributed by atoms with van der Waals surface area (Å²) in [4.78, 5) is 13.4. The fourth-order valence-corrected chi connectivity index (χ4v) is 2.84. The van der Waals surface area contributed by atoms with Crippen LogP contribution in [0, 0.1) is 5.82 Å². The normalized spacial score (nSPS) is 12.2. The van der Waals surface area contributed by atoms with Gasteiger partial charge in [0, 0.05) is 23.4 Å². The van der Waals surface area contributed by atoms with Gasteiger partial charge >= 0.3 is 0 Å². The maximum atomic E-state index is 14.4. The molecule has 0 saturated carbocycles. The van der Waals surface area contributed by atoms with E-state index in [1.165, 1.54) is 6.07 Å². The van der Waals surface area contributed by atoms with Crippen molar-refractivity contribution in [3.8, 4) is 11.3 Å². The van der Waals surface area contributed by atoms with Crippen LogP contribution in [0.4, 0.5) is 4.39 Å². The molecule has 0 N–H and O–H groups in total. The lowest BCUT2D eigenvalue weighted by molar-refractivity contribution is 0.503. The van der Waals surface area contributed by atoms with Crippen LogP contribution in [0.25, 0.3) is 28.1 Å². The Labute approximate surface area is 139 Å². The molecule has 4 rings (SSSR count). The van der Waals surface area contributed by atoms with Crippen molar-refractivity contribution in [1.29, 1.82) is 0 Å². The summed E-state index contributed by atoms with van der Waals surface area (Å²) >= 11 is 0. The molecule has 0 aliphatic carbocycles. The molecule has 0 amide bonds. The summed E-state index contributed by atoms with van der Waals surface area (Å²) in [5, 5.41) is 0. The van der Waals surface area contributed by atoms with Crippen LogP contribution in [0.3, 0.4) is 0 Å². The highest BCUT2D eigenvalue weighted by molar-refractivity contribution is 5.79. The Morgan fingerprint density at radius 2 is 1.83 bits per heavy atom. The predicted molar refractivity (Wildman–Crippen MR) is 92.4 cm³/mol. The van der Waals surface area contributed by atoms with Crippen molar-refractivity contribution in [1.82, 2.24) is 19.4 Å². The van der Waals surface area contributed by atoms with Gasteiger partial charge in [-0.2, -0.15) is 0 Å². The molecule has 1 aromatic carbocycles. The number of imidazole rings is 1. The Bertz CT molecular complexity index is 1060. The third-order valence-corrected chi connectivity index (χ3v) is 4.03. The Kier molecular flexibility index (Phi) is 3.13. The van der Waals surface area contributed by atoms with Gasteiger partial charge < -0.3 is 0 Å². The molecule has 0 spiro atoms. The summed E-state index contributed by atoms with van der Waals surface area (Å²) in [5.41, 5.74) is 3.31. The lowest BCUT2D eigenvalue weighted by Gasteiger charge is -2.18. The molecular formula is C19H17FN4. The van der Waals surface area contributed by atoms with Crippen molar-refractivity contribution in [3.63, 3.8) is 0 Å². The number of rotatable bonds is 1. The lowest BCUT2D eigenvalue weighted by Crippen LogP contribution is -2.16. The summed E-state index contributed by atoms with van der Waals surface area (Å²) in [6.07, 6.45) is 3.58. The fraction of sp³-hybridized carbons (Fsp3) is 0.211. The molecule has 3 aromatic heterocycles. The predicted octanol–water partition coefficient (Wildman–Crippen LogP) is 4.38. The average Bonchev–Trinajstić information content (AvgIpc) is 2.91. The monoisotopic (exact) mass is 320 g/mol. The van der Waals surface area contributed by atoms with Crippen molar-refractivity contribution in [3.05, 3.63) is 60.3 Å². The molecule has 0 saturated heterocycles. The topological polar surface area (TPSA) is 43.1 Å². The Hall–Kier alpha value is -2.82. The van der Waals surface area contributed by atoms with E-state index in [-0.39, 0.29) is 11.2 Å². The van der Waals surface area contributed by atoms with E-state index in [2.05, 4.69) is 15.0 Å². The highest BCUT2D eigenvalue weighted by atomic mass is 19.1.